The average Bonchev–Trinajstić information content (AvgIpc) is 2.72. The molecule has 1 saturated carbocycles. The third-order valence-electron chi connectivity index (χ3n) is 4.00. The Kier molecular flexibility index (Phi) is 2.88. The number of anilines is 1. The maximum absolute atomic E-state index is 4.59. The first-order valence-corrected chi connectivity index (χ1v) is 7.03. The zero-order valence-electron chi connectivity index (χ0n) is 9.40. The van der Waals surface area contributed by atoms with E-state index in [-0.39, 0.29) is 0 Å². The predicted molar refractivity (Wildman–Crippen MR) is 69.6 cm³/mol. The largest absolute Gasteiger partial charge is 0.353 e. The molecule has 1 saturated heterocycles. The summed E-state index contributed by atoms with van der Waals surface area (Å²) in [5.41, 5.74) is 0. The van der Waals surface area contributed by atoms with Gasteiger partial charge in [-0.3, -0.25) is 0 Å². The highest BCUT2D eigenvalue weighted by molar-refractivity contribution is 9.10. The van der Waals surface area contributed by atoms with E-state index in [1.165, 1.54) is 38.6 Å². The van der Waals surface area contributed by atoms with Gasteiger partial charge >= 0.3 is 0 Å². The second kappa shape index (κ2) is 4.36. The minimum absolute atomic E-state index is 0.760. The minimum Gasteiger partial charge on any atom is -0.353 e. The lowest BCUT2D eigenvalue weighted by Gasteiger charge is -2.32. The maximum atomic E-state index is 4.59. The van der Waals surface area contributed by atoms with Gasteiger partial charge in [0, 0.05) is 12.6 Å². The zero-order chi connectivity index (χ0) is 11.0. The van der Waals surface area contributed by atoms with Crippen molar-refractivity contribution in [1.82, 2.24) is 4.98 Å². The van der Waals surface area contributed by atoms with Crippen molar-refractivity contribution in [1.29, 1.82) is 0 Å². The van der Waals surface area contributed by atoms with E-state index in [1.807, 2.05) is 6.07 Å². The molecule has 0 amide bonds. The SMILES string of the molecule is Brc1cccc(N2CCC3CCCCC32)n1. The Morgan fingerprint density at radius 2 is 2.06 bits per heavy atom. The summed E-state index contributed by atoms with van der Waals surface area (Å²) in [6.45, 7) is 1.19. The van der Waals surface area contributed by atoms with Gasteiger partial charge in [0.15, 0.2) is 0 Å². The summed E-state index contributed by atoms with van der Waals surface area (Å²) in [5, 5.41) is 0. The summed E-state index contributed by atoms with van der Waals surface area (Å²) in [6, 6.07) is 6.98. The molecule has 0 spiro atoms. The molecule has 2 fully saturated rings. The molecule has 2 nitrogen and oxygen atoms in total. The van der Waals surface area contributed by atoms with E-state index in [4.69, 9.17) is 0 Å². The fourth-order valence-electron chi connectivity index (χ4n) is 3.25. The van der Waals surface area contributed by atoms with Crippen LogP contribution in [0.1, 0.15) is 32.1 Å². The van der Waals surface area contributed by atoms with Crippen molar-refractivity contribution in [3.63, 3.8) is 0 Å². The van der Waals surface area contributed by atoms with E-state index in [1.54, 1.807) is 0 Å². The van der Waals surface area contributed by atoms with E-state index in [9.17, 15) is 0 Å². The number of aromatic nitrogens is 1. The molecule has 1 aromatic heterocycles. The second-order valence-electron chi connectivity index (χ2n) is 4.91. The van der Waals surface area contributed by atoms with Gasteiger partial charge in [-0.1, -0.05) is 18.9 Å². The number of hydrogen-bond donors (Lipinski definition) is 0. The summed E-state index contributed by atoms with van der Waals surface area (Å²) in [5.74, 6) is 2.08. The first-order valence-electron chi connectivity index (χ1n) is 6.24. The molecule has 1 aliphatic heterocycles. The fourth-order valence-corrected chi connectivity index (χ4v) is 3.58. The van der Waals surface area contributed by atoms with Gasteiger partial charge in [0.25, 0.3) is 0 Å². The number of rotatable bonds is 1. The molecule has 0 radical (unpaired) electrons. The molecule has 2 unspecified atom stereocenters. The molecule has 16 heavy (non-hydrogen) atoms. The van der Waals surface area contributed by atoms with Gasteiger partial charge in [0.2, 0.25) is 0 Å². The lowest BCUT2D eigenvalue weighted by Crippen LogP contribution is -2.35. The Labute approximate surface area is 105 Å². The van der Waals surface area contributed by atoms with Crippen molar-refractivity contribution in [3.8, 4) is 0 Å². The van der Waals surface area contributed by atoms with Crippen LogP contribution in [0, 0.1) is 5.92 Å². The van der Waals surface area contributed by atoms with Crippen LogP contribution < -0.4 is 4.90 Å². The minimum atomic E-state index is 0.760. The molecular weight excluding hydrogens is 264 g/mol. The zero-order valence-corrected chi connectivity index (χ0v) is 11.0. The molecule has 3 rings (SSSR count). The molecule has 0 aromatic carbocycles. The highest BCUT2D eigenvalue weighted by Gasteiger charge is 2.36. The van der Waals surface area contributed by atoms with Gasteiger partial charge in [-0.2, -0.15) is 0 Å². The van der Waals surface area contributed by atoms with Crippen molar-refractivity contribution in [2.24, 2.45) is 5.92 Å². The topological polar surface area (TPSA) is 16.1 Å². The first kappa shape index (κ1) is 10.6. The smallest absolute Gasteiger partial charge is 0.130 e. The van der Waals surface area contributed by atoms with Crippen LogP contribution in [0.4, 0.5) is 5.82 Å². The Hall–Kier alpha value is -0.570. The van der Waals surface area contributed by atoms with Crippen LogP contribution in [0.2, 0.25) is 0 Å². The summed E-state index contributed by atoms with van der Waals surface area (Å²) >= 11 is 3.46. The third kappa shape index (κ3) is 1.86. The highest BCUT2D eigenvalue weighted by atomic mass is 79.9. The van der Waals surface area contributed by atoms with Crippen molar-refractivity contribution in [2.75, 3.05) is 11.4 Å². The quantitative estimate of drug-likeness (QED) is 0.731. The Balaban J connectivity index is 1.85. The number of fused-ring (bicyclic) bond motifs is 1. The molecule has 1 aromatic rings. The monoisotopic (exact) mass is 280 g/mol. The van der Waals surface area contributed by atoms with Crippen molar-refractivity contribution >= 4 is 21.7 Å². The standard InChI is InChI=1S/C13H17BrN2/c14-12-6-3-7-13(15-12)16-9-8-10-4-1-2-5-11(10)16/h3,6-7,10-11H,1-2,4-5,8-9H2. The fraction of sp³-hybridized carbons (Fsp3) is 0.615. The lowest BCUT2D eigenvalue weighted by molar-refractivity contribution is 0.341. The molecule has 1 aliphatic carbocycles. The van der Waals surface area contributed by atoms with Crippen LogP contribution in [0.25, 0.3) is 0 Å². The summed E-state index contributed by atoms with van der Waals surface area (Å²) < 4.78 is 0.948. The van der Waals surface area contributed by atoms with Crippen molar-refractivity contribution in [3.05, 3.63) is 22.8 Å². The van der Waals surface area contributed by atoms with Gasteiger partial charge < -0.3 is 4.90 Å². The molecule has 2 heterocycles. The van der Waals surface area contributed by atoms with E-state index >= 15 is 0 Å². The Morgan fingerprint density at radius 1 is 1.19 bits per heavy atom. The summed E-state index contributed by atoms with van der Waals surface area (Å²) in [4.78, 5) is 7.11. The third-order valence-corrected chi connectivity index (χ3v) is 4.45. The molecule has 2 aliphatic rings. The van der Waals surface area contributed by atoms with Gasteiger partial charge in [0.05, 0.1) is 0 Å². The Morgan fingerprint density at radius 3 is 2.94 bits per heavy atom. The lowest BCUT2D eigenvalue weighted by atomic mass is 9.85. The van der Waals surface area contributed by atoms with Gasteiger partial charge in [-0.25, -0.2) is 4.98 Å². The van der Waals surface area contributed by atoms with Gasteiger partial charge in [0.1, 0.15) is 10.4 Å². The Bertz CT molecular complexity index is 380. The van der Waals surface area contributed by atoms with E-state index in [0.29, 0.717) is 0 Å². The van der Waals surface area contributed by atoms with Crippen molar-refractivity contribution in [2.45, 2.75) is 38.1 Å². The van der Waals surface area contributed by atoms with Crippen LogP contribution in [-0.4, -0.2) is 17.6 Å². The van der Waals surface area contributed by atoms with Gasteiger partial charge in [-0.15, -0.1) is 0 Å². The molecule has 3 heteroatoms. The van der Waals surface area contributed by atoms with E-state index < -0.39 is 0 Å². The number of pyridine rings is 1. The first-order chi connectivity index (χ1) is 7.84. The molecule has 0 N–H and O–H groups in total. The van der Waals surface area contributed by atoms with Crippen LogP contribution >= 0.6 is 15.9 Å². The molecular formula is C13H17BrN2. The molecule has 86 valence electrons. The number of hydrogen-bond acceptors (Lipinski definition) is 2. The van der Waals surface area contributed by atoms with Crippen LogP contribution in [-0.2, 0) is 0 Å². The van der Waals surface area contributed by atoms with E-state index in [2.05, 4.69) is 37.9 Å². The molecule has 0 bridgehead atoms. The van der Waals surface area contributed by atoms with E-state index in [0.717, 1.165) is 22.4 Å². The predicted octanol–water partition coefficient (Wildman–Crippen LogP) is 3.61. The second-order valence-corrected chi connectivity index (χ2v) is 5.72. The number of nitrogens with zero attached hydrogens (tertiary/aromatic N) is 2. The summed E-state index contributed by atoms with van der Waals surface area (Å²) in [6.07, 6.45) is 6.97. The molecule has 2 atom stereocenters. The summed E-state index contributed by atoms with van der Waals surface area (Å²) in [7, 11) is 0. The number of halogens is 1. The maximum Gasteiger partial charge on any atom is 0.130 e. The van der Waals surface area contributed by atoms with Crippen LogP contribution in [0.15, 0.2) is 22.8 Å². The van der Waals surface area contributed by atoms with Crippen LogP contribution in [0.3, 0.4) is 0 Å². The average molecular weight is 281 g/mol. The van der Waals surface area contributed by atoms with Crippen molar-refractivity contribution < 1.29 is 0 Å². The van der Waals surface area contributed by atoms with Gasteiger partial charge in [-0.05, 0) is 53.2 Å². The highest BCUT2D eigenvalue weighted by Crippen LogP contribution is 2.38. The normalized spacial score (nSPS) is 29.2. The van der Waals surface area contributed by atoms with Crippen LogP contribution in [0.5, 0.6) is 0 Å².